The number of benzene rings is 4. The van der Waals surface area contributed by atoms with E-state index in [0.717, 1.165) is 0 Å². The van der Waals surface area contributed by atoms with Gasteiger partial charge in [0, 0.05) is 24.3 Å². The molecule has 0 atom stereocenters. The second-order valence-electron chi connectivity index (χ2n) is 8.63. The van der Waals surface area contributed by atoms with Crippen molar-refractivity contribution in [2.45, 2.75) is 0 Å². The summed E-state index contributed by atoms with van der Waals surface area (Å²) in [6.07, 6.45) is -2.28. The van der Waals surface area contributed by atoms with Gasteiger partial charge in [-0.2, -0.15) is 0 Å². The van der Waals surface area contributed by atoms with Crippen LogP contribution in [-0.4, -0.2) is 42.0 Å². The van der Waals surface area contributed by atoms with Gasteiger partial charge in [-0.15, -0.1) is 0 Å². The van der Waals surface area contributed by atoms with Gasteiger partial charge in [0.25, 0.3) is 11.4 Å². The average Bonchev–Trinajstić information content (AvgIpc) is 3.00. The number of rotatable bonds is 10. The van der Waals surface area contributed by atoms with Crippen LogP contribution in [0.1, 0.15) is 15.9 Å². The molecule has 0 bridgehead atoms. The zero-order chi connectivity index (χ0) is 31.8. The van der Waals surface area contributed by atoms with Crippen molar-refractivity contribution >= 4 is 40.7 Å². The molecule has 15 heteroatoms. The first-order valence-corrected chi connectivity index (χ1v) is 12.5. The van der Waals surface area contributed by atoms with Crippen LogP contribution >= 0.6 is 0 Å². The molecule has 2 N–H and O–H groups in total. The van der Waals surface area contributed by atoms with Crippen molar-refractivity contribution in [3.63, 3.8) is 0 Å². The van der Waals surface area contributed by atoms with Crippen molar-refractivity contribution in [1.82, 2.24) is 0 Å². The van der Waals surface area contributed by atoms with Crippen LogP contribution in [0.3, 0.4) is 0 Å². The Morgan fingerprint density at radius 2 is 1.00 bits per heavy atom. The van der Waals surface area contributed by atoms with E-state index in [1.165, 1.54) is 99.1 Å². The highest BCUT2D eigenvalue weighted by Gasteiger charge is 2.25. The standard InChI is InChI=1S/C29H22N4O11/c1-41-17-11-13-19(25(15-17)43-28(35)30-21-7-3-5-9-23(21)32(37)38)27(34)20-14-12-18(42-2)16-26(20)44-29(36)31-22-8-4-6-10-24(22)33(39)40/h3-16H,1-2H3,(H,30,35)(H,31,36). The zero-order valence-corrected chi connectivity index (χ0v) is 23.0. The van der Waals surface area contributed by atoms with E-state index in [1.807, 2.05) is 0 Å². The second-order valence-corrected chi connectivity index (χ2v) is 8.63. The smallest absolute Gasteiger partial charge is 0.417 e. The van der Waals surface area contributed by atoms with Gasteiger partial charge in [0.1, 0.15) is 34.4 Å². The van der Waals surface area contributed by atoms with E-state index in [0.29, 0.717) is 0 Å². The van der Waals surface area contributed by atoms with Crippen LogP contribution in [-0.2, 0) is 0 Å². The molecule has 0 fully saturated rings. The Bertz CT molecular complexity index is 1650. The van der Waals surface area contributed by atoms with E-state index in [9.17, 15) is 34.6 Å². The lowest BCUT2D eigenvalue weighted by molar-refractivity contribution is -0.384. The lowest BCUT2D eigenvalue weighted by atomic mass is 10.0. The van der Waals surface area contributed by atoms with E-state index >= 15 is 0 Å². The molecule has 44 heavy (non-hydrogen) atoms. The first-order chi connectivity index (χ1) is 21.1. The Morgan fingerprint density at radius 1 is 0.614 bits per heavy atom. The highest BCUT2D eigenvalue weighted by Crippen LogP contribution is 2.33. The summed E-state index contributed by atoms with van der Waals surface area (Å²) in [5.74, 6) is -0.902. The Labute approximate surface area is 248 Å². The number of hydrogen-bond donors (Lipinski definition) is 2. The lowest BCUT2D eigenvalue weighted by Gasteiger charge is -2.15. The van der Waals surface area contributed by atoms with Gasteiger partial charge in [-0.1, -0.05) is 24.3 Å². The largest absolute Gasteiger partial charge is 0.497 e. The number of carbonyl (C=O) groups is 3. The number of nitro groups is 2. The number of methoxy groups -OCH3 is 2. The summed E-state index contributed by atoms with van der Waals surface area (Å²) in [6.45, 7) is 0. The summed E-state index contributed by atoms with van der Waals surface area (Å²) in [6, 6.07) is 18.7. The summed E-state index contributed by atoms with van der Waals surface area (Å²) in [7, 11) is 2.69. The van der Waals surface area contributed by atoms with Crippen molar-refractivity contribution in [1.29, 1.82) is 0 Å². The number of nitro benzene ring substituents is 2. The maximum Gasteiger partial charge on any atom is 0.417 e. The molecule has 0 radical (unpaired) electrons. The van der Waals surface area contributed by atoms with Crippen LogP contribution < -0.4 is 29.6 Å². The minimum absolute atomic E-state index is 0.145. The van der Waals surface area contributed by atoms with Gasteiger partial charge in [-0.3, -0.25) is 35.7 Å². The summed E-state index contributed by atoms with van der Waals surface area (Å²) in [5, 5.41) is 27.2. The molecule has 0 heterocycles. The van der Waals surface area contributed by atoms with Crippen molar-refractivity contribution in [3.05, 3.63) is 116 Å². The molecule has 0 aliphatic carbocycles. The minimum Gasteiger partial charge on any atom is -0.497 e. The molecule has 0 saturated carbocycles. The normalized spacial score (nSPS) is 10.2. The Kier molecular flexibility index (Phi) is 9.30. The molecule has 224 valence electrons. The third-order valence-corrected chi connectivity index (χ3v) is 5.95. The van der Waals surface area contributed by atoms with Crippen molar-refractivity contribution in [2.75, 3.05) is 24.9 Å². The van der Waals surface area contributed by atoms with Crippen LogP contribution in [0.2, 0.25) is 0 Å². The number of nitrogens with zero attached hydrogens (tertiary/aromatic N) is 2. The van der Waals surface area contributed by atoms with Gasteiger partial charge in [0.15, 0.2) is 0 Å². The quantitative estimate of drug-likeness (QED) is 0.123. The topological polar surface area (TPSA) is 198 Å². The molecule has 15 nitrogen and oxygen atoms in total. The molecule has 0 saturated heterocycles. The zero-order valence-electron chi connectivity index (χ0n) is 23.0. The van der Waals surface area contributed by atoms with Crippen LogP contribution in [0.4, 0.5) is 32.3 Å². The number of amides is 2. The third-order valence-electron chi connectivity index (χ3n) is 5.95. The van der Waals surface area contributed by atoms with E-state index in [1.54, 1.807) is 0 Å². The van der Waals surface area contributed by atoms with Gasteiger partial charge < -0.3 is 18.9 Å². The highest BCUT2D eigenvalue weighted by atomic mass is 16.6. The SMILES string of the molecule is COc1ccc(C(=O)c2ccc(OC)cc2OC(=O)Nc2ccccc2[N+](=O)[O-])c(OC(=O)Nc2ccccc2[N+](=O)[O-])c1. The van der Waals surface area contributed by atoms with Crippen LogP contribution in [0.5, 0.6) is 23.0 Å². The molecule has 0 aliphatic rings. The molecular formula is C29H22N4O11. The molecule has 0 spiro atoms. The molecule has 2 amide bonds. The molecule has 0 unspecified atom stereocenters. The van der Waals surface area contributed by atoms with E-state index < -0.39 is 27.8 Å². The fraction of sp³-hybridized carbons (Fsp3) is 0.0690. The van der Waals surface area contributed by atoms with Crippen molar-refractivity contribution in [3.8, 4) is 23.0 Å². The van der Waals surface area contributed by atoms with E-state index in [4.69, 9.17) is 18.9 Å². The average molecular weight is 603 g/mol. The van der Waals surface area contributed by atoms with Crippen LogP contribution in [0, 0.1) is 20.2 Å². The van der Waals surface area contributed by atoms with Crippen molar-refractivity contribution in [2.24, 2.45) is 0 Å². The third kappa shape index (κ3) is 7.03. The van der Waals surface area contributed by atoms with Crippen LogP contribution in [0.25, 0.3) is 0 Å². The number of para-hydroxylation sites is 4. The predicted molar refractivity (Wildman–Crippen MR) is 155 cm³/mol. The van der Waals surface area contributed by atoms with E-state index in [-0.39, 0.29) is 56.9 Å². The number of hydrogen-bond acceptors (Lipinski definition) is 11. The predicted octanol–water partition coefficient (Wildman–Crippen LogP) is 5.97. The van der Waals surface area contributed by atoms with Crippen LogP contribution in [0.15, 0.2) is 84.9 Å². The number of ether oxygens (including phenoxy) is 4. The van der Waals surface area contributed by atoms with E-state index in [2.05, 4.69) is 10.6 Å². The molecule has 4 aromatic rings. The fourth-order valence-electron chi connectivity index (χ4n) is 3.90. The Balaban J connectivity index is 1.65. The first kappa shape index (κ1) is 30.4. The maximum atomic E-state index is 13.8. The maximum absolute atomic E-state index is 13.8. The molecule has 4 aromatic carbocycles. The first-order valence-electron chi connectivity index (χ1n) is 12.5. The number of carbonyl (C=O) groups excluding carboxylic acids is 3. The summed E-state index contributed by atoms with van der Waals surface area (Å²) < 4.78 is 21.1. The lowest BCUT2D eigenvalue weighted by Crippen LogP contribution is -2.20. The number of nitrogens with one attached hydrogen (secondary N) is 2. The number of anilines is 2. The fourth-order valence-corrected chi connectivity index (χ4v) is 3.90. The second kappa shape index (κ2) is 13.4. The highest BCUT2D eigenvalue weighted by molar-refractivity contribution is 6.13. The van der Waals surface area contributed by atoms with Gasteiger partial charge in [0.2, 0.25) is 5.78 Å². The summed E-state index contributed by atoms with van der Waals surface area (Å²) in [4.78, 5) is 60.6. The Morgan fingerprint density at radius 3 is 1.36 bits per heavy atom. The van der Waals surface area contributed by atoms with Gasteiger partial charge >= 0.3 is 12.2 Å². The van der Waals surface area contributed by atoms with Gasteiger partial charge in [-0.25, -0.2) is 9.59 Å². The minimum atomic E-state index is -1.14. The van der Waals surface area contributed by atoms with Gasteiger partial charge in [-0.05, 0) is 36.4 Å². The summed E-state index contributed by atoms with van der Waals surface area (Å²) in [5.41, 5.74) is -1.39. The molecule has 4 rings (SSSR count). The van der Waals surface area contributed by atoms with Gasteiger partial charge in [0.05, 0.1) is 35.2 Å². The molecule has 0 aromatic heterocycles. The Hall–Kier alpha value is -6.51. The summed E-state index contributed by atoms with van der Waals surface area (Å²) >= 11 is 0. The number of ketones is 1. The monoisotopic (exact) mass is 602 g/mol. The van der Waals surface area contributed by atoms with Crippen molar-refractivity contribution < 1.29 is 43.2 Å². The molecular weight excluding hydrogens is 580 g/mol. The molecule has 0 aliphatic heterocycles.